The van der Waals surface area contributed by atoms with Crippen LogP contribution in [0.15, 0.2) is 18.2 Å². The molecule has 0 bridgehead atoms. The maximum Gasteiger partial charge on any atom is 0.250 e. The smallest absolute Gasteiger partial charge is 0.250 e. The number of morpholine rings is 1. The Morgan fingerprint density at radius 1 is 1.65 bits per heavy atom. The van der Waals surface area contributed by atoms with Crippen molar-refractivity contribution in [2.75, 3.05) is 26.7 Å². The van der Waals surface area contributed by atoms with Crippen LogP contribution >= 0.6 is 0 Å². The molecule has 1 aliphatic heterocycles. The van der Waals surface area contributed by atoms with Crippen LogP contribution in [0.1, 0.15) is 11.1 Å². The van der Waals surface area contributed by atoms with Gasteiger partial charge in [0, 0.05) is 26.7 Å². The van der Waals surface area contributed by atoms with Crippen LogP contribution in [-0.2, 0) is 16.1 Å². The number of carbonyl (C=O) groups excluding carboxylic acids is 1. The molecular weight excluding hydrogens is 261 g/mol. The number of hydrogen-bond donors (Lipinski definition) is 1. The van der Waals surface area contributed by atoms with E-state index in [9.17, 15) is 9.18 Å². The summed E-state index contributed by atoms with van der Waals surface area (Å²) in [6.07, 6.45) is -0.482. The van der Waals surface area contributed by atoms with Gasteiger partial charge in [-0.2, -0.15) is 5.26 Å². The molecule has 0 spiro atoms. The van der Waals surface area contributed by atoms with Gasteiger partial charge in [-0.15, -0.1) is 0 Å². The fraction of sp³-hybridized carbons (Fsp3) is 0.429. The van der Waals surface area contributed by atoms with E-state index in [0.29, 0.717) is 26.2 Å². The highest BCUT2D eigenvalue weighted by Gasteiger charge is 2.25. The average Bonchev–Trinajstić information content (AvgIpc) is 2.48. The zero-order valence-corrected chi connectivity index (χ0v) is 11.2. The van der Waals surface area contributed by atoms with E-state index in [0.717, 1.165) is 5.56 Å². The first kappa shape index (κ1) is 14.4. The Balaban J connectivity index is 2.03. The minimum atomic E-state index is -0.513. The molecule has 2 rings (SSSR count). The predicted molar refractivity (Wildman–Crippen MR) is 70.2 cm³/mol. The van der Waals surface area contributed by atoms with Gasteiger partial charge in [0.25, 0.3) is 0 Å². The highest BCUT2D eigenvalue weighted by Crippen LogP contribution is 2.14. The third-order valence-corrected chi connectivity index (χ3v) is 3.25. The molecular formula is C14H16FN3O2. The molecule has 1 atom stereocenters. The van der Waals surface area contributed by atoms with Gasteiger partial charge in [-0.1, -0.05) is 6.07 Å². The van der Waals surface area contributed by atoms with Crippen LogP contribution in [-0.4, -0.2) is 43.7 Å². The van der Waals surface area contributed by atoms with E-state index >= 15 is 0 Å². The number of nitrogens with zero attached hydrogens (tertiary/aromatic N) is 2. The van der Waals surface area contributed by atoms with Crippen molar-refractivity contribution in [3.8, 4) is 6.07 Å². The van der Waals surface area contributed by atoms with Gasteiger partial charge in [-0.05, 0) is 17.7 Å². The summed E-state index contributed by atoms with van der Waals surface area (Å²) in [5.41, 5.74) is 0.888. The Morgan fingerprint density at radius 3 is 3.15 bits per heavy atom. The number of ether oxygens (including phenoxy) is 1. The maximum absolute atomic E-state index is 13.3. The standard InChI is InChI=1S/C14H16FN3O2/c1-17-14(19)13-9-18(4-5-20-13)8-10-2-3-12(15)11(6-10)7-16/h2-3,6,13H,4-5,8-9H2,1H3,(H,17,19)/t13-/m1/s1. The third kappa shape index (κ3) is 3.32. The zero-order chi connectivity index (χ0) is 14.5. The van der Waals surface area contributed by atoms with Crippen LogP contribution in [0.25, 0.3) is 0 Å². The molecule has 0 aliphatic carbocycles. The summed E-state index contributed by atoms with van der Waals surface area (Å²) in [6.45, 7) is 2.22. The Labute approximate surface area is 116 Å². The molecule has 1 aromatic rings. The Kier molecular flexibility index (Phi) is 4.66. The molecule has 1 N–H and O–H groups in total. The second-order valence-electron chi connectivity index (χ2n) is 4.63. The Morgan fingerprint density at radius 2 is 2.45 bits per heavy atom. The molecule has 0 aromatic heterocycles. The molecule has 20 heavy (non-hydrogen) atoms. The molecule has 1 aliphatic rings. The van der Waals surface area contributed by atoms with E-state index in [1.165, 1.54) is 6.07 Å². The van der Waals surface area contributed by atoms with Crippen LogP contribution in [0.5, 0.6) is 0 Å². The molecule has 1 aromatic carbocycles. The van der Waals surface area contributed by atoms with Crippen molar-refractivity contribution in [2.24, 2.45) is 0 Å². The normalized spacial score (nSPS) is 19.4. The number of halogens is 1. The zero-order valence-electron chi connectivity index (χ0n) is 11.2. The van der Waals surface area contributed by atoms with Crippen LogP contribution < -0.4 is 5.32 Å². The van der Waals surface area contributed by atoms with Gasteiger partial charge in [0.05, 0.1) is 12.2 Å². The van der Waals surface area contributed by atoms with Gasteiger partial charge in [-0.3, -0.25) is 9.69 Å². The van der Waals surface area contributed by atoms with Crippen LogP contribution in [0.2, 0.25) is 0 Å². The SMILES string of the molecule is CNC(=O)[C@H]1CN(Cc2ccc(F)c(C#N)c2)CCO1. The number of carbonyl (C=O) groups is 1. The predicted octanol–water partition coefficient (Wildman–Crippen LogP) is 0.644. The van der Waals surface area contributed by atoms with E-state index in [1.807, 2.05) is 6.07 Å². The van der Waals surface area contributed by atoms with Crippen molar-refractivity contribution in [2.45, 2.75) is 12.6 Å². The first-order valence-corrected chi connectivity index (χ1v) is 6.38. The highest BCUT2D eigenvalue weighted by atomic mass is 19.1. The topological polar surface area (TPSA) is 65.4 Å². The second-order valence-corrected chi connectivity index (χ2v) is 4.63. The van der Waals surface area contributed by atoms with Gasteiger partial charge in [0.15, 0.2) is 0 Å². The van der Waals surface area contributed by atoms with Gasteiger partial charge in [0.1, 0.15) is 18.0 Å². The lowest BCUT2D eigenvalue weighted by atomic mass is 10.1. The lowest BCUT2D eigenvalue weighted by Crippen LogP contribution is -2.48. The summed E-state index contributed by atoms with van der Waals surface area (Å²) >= 11 is 0. The molecule has 0 unspecified atom stereocenters. The van der Waals surface area contributed by atoms with Crippen LogP contribution in [0.3, 0.4) is 0 Å². The lowest BCUT2D eigenvalue weighted by Gasteiger charge is -2.31. The summed E-state index contributed by atoms with van der Waals surface area (Å²) in [4.78, 5) is 13.6. The molecule has 1 amide bonds. The maximum atomic E-state index is 13.3. The first-order valence-electron chi connectivity index (χ1n) is 6.38. The number of benzene rings is 1. The monoisotopic (exact) mass is 277 g/mol. The van der Waals surface area contributed by atoms with Crippen molar-refractivity contribution in [1.29, 1.82) is 5.26 Å². The largest absolute Gasteiger partial charge is 0.366 e. The van der Waals surface area contributed by atoms with Gasteiger partial charge < -0.3 is 10.1 Å². The summed E-state index contributed by atoms with van der Waals surface area (Å²) in [5, 5.41) is 11.4. The van der Waals surface area contributed by atoms with Crippen molar-refractivity contribution >= 4 is 5.91 Å². The summed E-state index contributed by atoms with van der Waals surface area (Å²) < 4.78 is 18.6. The molecule has 0 saturated carbocycles. The number of hydrogen-bond acceptors (Lipinski definition) is 4. The van der Waals surface area contributed by atoms with Gasteiger partial charge >= 0.3 is 0 Å². The molecule has 106 valence electrons. The van der Waals surface area contributed by atoms with E-state index in [1.54, 1.807) is 19.2 Å². The van der Waals surface area contributed by atoms with Gasteiger partial charge in [-0.25, -0.2) is 4.39 Å². The first-order chi connectivity index (χ1) is 9.63. The van der Waals surface area contributed by atoms with Crippen LogP contribution in [0.4, 0.5) is 4.39 Å². The summed E-state index contributed by atoms with van der Waals surface area (Å²) in [6, 6.07) is 6.32. The Bertz CT molecular complexity index is 542. The quantitative estimate of drug-likeness (QED) is 0.880. The van der Waals surface area contributed by atoms with E-state index in [4.69, 9.17) is 10.00 Å². The van der Waals surface area contributed by atoms with E-state index in [2.05, 4.69) is 10.2 Å². The van der Waals surface area contributed by atoms with E-state index in [-0.39, 0.29) is 11.5 Å². The fourth-order valence-corrected chi connectivity index (χ4v) is 2.18. The number of amides is 1. The molecule has 1 fully saturated rings. The minimum absolute atomic E-state index is 0.0404. The van der Waals surface area contributed by atoms with Crippen molar-refractivity contribution in [3.63, 3.8) is 0 Å². The number of nitrogens with one attached hydrogen (secondary N) is 1. The number of likely N-dealkylation sites (N-methyl/N-ethyl adjacent to an activating group) is 1. The molecule has 1 saturated heterocycles. The van der Waals surface area contributed by atoms with Gasteiger partial charge in [0.2, 0.25) is 5.91 Å². The summed E-state index contributed by atoms with van der Waals surface area (Å²) in [7, 11) is 1.57. The van der Waals surface area contributed by atoms with Crippen molar-refractivity contribution in [1.82, 2.24) is 10.2 Å². The average molecular weight is 277 g/mol. The number of nitriles is 1. The Hall–Kier alpha value is -1.97. The molecule has 1 heterocycles. The van der Waals surface area contributed by atoms with E-state index < -0.39 is 11.9 Å². The minimum Gasteiger partial charge on any atom is -0.366 e. The molecule has 0 radical (unpaired) electrons. The second kappa shape index (κ2) is 6.46. The van der Waals surface area contributed by atoms with Crippen molar-refractivity contribution < 1.29 is 13.9 Å². The number of rotatable bonds is 3. The van der Waals surface area contributed by atoms with Crippen LogP contribution in [0, 0.1) is 17.1 Å². The molecule has 6 heteroatoms. The third-order valence-electron chi connectivity index (χ3n) is 3.25. The summed E-state index contributed by atoms with van der Waals surface area (Å²) in [5.74, 6) is -0.659. The highest BCUT2D eigenvalue weighted by molar-refractivity contribution is 5.80. The molecule has 5 nitrogen and oxygen atoms in total. The lowest BCUT2D eigenvalue weighted by molar-refractivity contribution is -0.138. The van der Waals surface area contributed by atoms with Crippen molar-refractivity contribution in [3.05, 3.63) is 35.1 Å². The fourth-order valence-electron chi connectivity index (χ4n) is 2.18.